The summed E-state index contributed by atoms with van der Waals surface area (Å²) >= 11 is 0. The molecule has 0 aromatic carbocycles. The van der Waals surface area contributed by atoms with Crippen LogP contribution in [0.2, 0.25) is 0 Å². The van der Waals surface area contributed by atoms with E-state index in [-0.39, 0.29) is 11.7 Å². The van der Waals surface area contributed by atoms with Crippen molar-refractivity contribution in [2.75, 3.05) is 6.54 Å². The van der Waals surface area contributed by atoms with Crippen LogP contribution < -0.4 is 11.0 Å². The minimum absolute atomic E-state index is 0.264. The predicted octanol–water partition coefficient (Wildman–Crippen LogP) is 1.73. The maximum absolute atomic E-state index is 12.2. The van der Waals surface area contributed by atoms with Crippen LogP contribution in [0.15, 0.2) is 52.8 Å². The molecule has 134 valence electrons. The summed E-state index contributed by atoms with van der Waals surface area (Å²) in [6.45, 7) is 4.53. The molecule has 3 heterocycles. The molecule has 2 atom stereocenters. The van der Waals surface area contributed by atoms with Gasteiger partial charge in [0.05, 0.1) is 18.7 Å². The highest BCUT2D eigenvalue weighted by atomic mass is 16.1. The maximum Gasteiger partial charge on any atom is 0.348 e. The first-order valence-electron chi connectivity index (χ1n) is 8.69. The molecule has 7 nitrogen and oxygen atoms in total. The second kappa shape index (κ2) is 7.48. The molecular weight excluding hydrogens is 328 g/mol. The lowest BCUT2D eigenvalue weighted by molar-refractivity contribution is 0.451. The molecule has 2 aromatic rings. The number of aliphatic imine (C=N–C) groups is 1. The third-order valence-electron chi connectivity index (χ3n) is 4.41. The zero-order valence-corrected chi connectivity index (χ0v) is 15.0. The number of pyridine rings is 1. The molecule has 0 aliphatic carbocycles. The maximum atomic E-state index is 12.2. The number of hydrogen-bond acceptors (Lipinski definition) is 6. The van der Waals surface area contributed by atoms with Crippen LogP contribution in [0.4, 0.5) is 0 Å². The monoisotopic (exact) mass is 350 g/mol. The largest absolute Gasteiger partial charge is 0.352 e. The molecule has 0 amide bonds. The second-order valence-electron chi connectivity index (χ2n) is 7.01. The van der Waals surface area contributed by atoms with Crippen molar-refractivity contribution >= 4 is 5.84 Å². The van der Waals surface area contributed by atoms with Gasteiger partial charge in [-0.1, -0.05) is 19.9 Å². The van der Waals surface area contributed by atoms with Gasteiger partial charge < -0.3 is 5.32 Å². The molecular formula is C19H22N6O. The number of aromatic nitrogens is 3. The third-order valence-corrected chi connectivity index (χ3v) is 4.41. The summed E-state index contributed by atoms with van der Waals surface area (Å²) in [4.78, 5) is 24.8. The highest BCUT2D eigenvalue weighted by Gasteiger charge is 2.39. The fourth-order valence-electron chi connectivity index (χ4n) is 3.20. The average Bonchev–Trinajstić information content (AvgIpc) is 3.05. The van der Waals surface area contributed by atoms with Crippen LogP contribution in [0, 0.1) is 17.2 Å². The Kier molecular flexibility index (Phi) is 5.12. The van der Waals surface area contributed by atoms with E-state index in [0.717, 1.165) is 12.0 Å². The summed E-state index contributed by atoms with van der Waals surface area (Å²) in [6, 6.07) is 7.65. The van der Waals surface area contributed by atoms with E-state index in [9.17, 15) is 10.1 Å². The number of nitrogens with one attached hydrogen (secondary N) is 1. The van der Waals surface area contributed by atoms with Crippen molar-refractivity contribution in [2.24, 2.45) is 10.9 Å². The fraction of sp³-hybridized carbons (Fsp3) is 0.421. The first-order chi connectivity index (χ1) is 12.5. The lowest BCUT2D eigenvalue weighted by atomic mass is 9.93. The van der Waals surface area contributed by atoms with Crippen molar-refractivity contribution in [2.45, 2.75) is 38.3 Å². The van der Waals surface area contributed by atoms with Crippen molar-refractivity contribution in [1.82, 2.24) is 19.9 Å². The lowest BCUT2D eigenvalue weighted by Crippen LogP contribution is -2.49. The predicted molar refractivity (Wildman–Crippen MR) is 98.7 cm³/mol. The standard InChI is InChI=1S/C19H22N6O/c1-14(2)9-16(25-8-4-7-22-18(25)26)17-23-13-19(12-20,24-17)10-15-5-3-6-21-11-15/h3-8,11,14,16H,9-10,13H2,1-2H3,(H,23,24). The fourth-order valence-corrected chi connectivity index (χ4v) is 3.20. The van der Waals surface area contributed by atoms with Gasteiger partial charge in [0.2, 0.25) is 0 Å². The zero-order chi connectivity index (χ0) is 18.6. The first-order valence-corrected chi connectivity index (χ1v) is 8.69. The van der Waals surface area contributed by atoms with Crippen LogP contribution in [0.5, 0.6) is 0 Å². The summed E-state index contributed by atoms with van der Waals surface area (Å²) < 4.78 is 1.59. The molecule has 0 radical (unpaired) electrons. The topological polar surface area (TPSA) is 96.0 Å². The molecule has 0 bridgehead atoms. The second-order valence-corrected chi connectivity index (χ2v) is 7.01. The highest BCUT2D eigenvalue weighted by Crippen LogP contribution is 2.24. The Hall–Kier alpha value is -3.01. The molecule has 3 rings (SSSR count). The van der Waals surface area contributed by atoms with Crippen LogP contribution in [0.3, 0.4) is 0 Å². The van der Waals surface area contributed by atoms with Gasteiger partial charge in [-0.3, -0.25) is 14.5 Å². The van der Waals surface area contributed by atoms with E-state index in [0.29, 0.717) is 24.7 Å². The van der Waals surface area contributed by atoms with Gasteiger partial charge in [-0.2, -0.15) is 5.26 Å². The summed E-state index contributed by atoms with van der Waals surface area (Å²) in [5.74, 6) is 1.02. The van der Waals surface area contributed by atoms with Crippen molar-refractivity contribution < 1.29 is 0 Å². The van der Waals surface area contributed by atoms with E-state index in [1.165, 1.54) is 6.20 Å². The van der Waals surface area contributed by atoms with E-state index >= 15 is 0 Å². The van der Waals surface area contributed by atoms with E-state index in [4.69, 9.17) is 0 Å². The summed E-state index contributed by atoms with van der Waals surface area (Å²) in [5, 5.41) is 13.1. The summed E-state index contributed by atoms with van der Waals surface area (Å²) in [7, 11) is 0. The van der Waals surface area contributed by atoms with Gasteiger partial charge in [-0.05, 0) is 30.0 Å². The SMILES string of the molecule is CC(C)CC(C1=NCC(C#N)(Cc2cccnc2)N1)n1cccnc1=O. The number of nitrogens with zero attached hydrogens (tertiary/aromatic N) is 5. The van der Waals surface area contributed by atoms with E-state index in [1.54, 1.807) is 29.2 Å². The van der Waals surface area contributed by atoms with Crippen LogP contribution in [0.25, 0.3) is 0 Å². The smallest absolute Gasteiger partial charge is 0.348 e. The Bertz CT molecular complexity index is 883. The minimum atomic E-state index is -0.820. The average molecular weight is 350 g/mol. The van der Waals surface area contributed by atoms with Crippen molar-refractivity contribution in [3.63, 3.8) is 0 Å². The molecule has 1 aliphatic rings. The number of rotatable bonds is 6. The quantitative estimate of drug-likeness (QED) is 0.856. The third kappa shape index (κ3) is 3.80. The number of nitriles is 1. The highest BCUT2D eigenvalue weighted by molar-refractivity contribution is 5.89. The first kappa shape index (κ1) is 17.8. The molecule has 2 unspecified atom stereocenters. The normalized spacial score (nSPS) is 20.3. The summed E-state index contributed by atoms with van der Waals surface area (Å²) in [6.07, 6.45) is 7.90. The van der Waals surface area contributed by atoms with Gasteiger partial charge in [0.1, 0.15) is 11.4 Å². The van der Waals surface area contributed by atoms with Crippen LogP contribution in [0.1, 0.15) is 31.9 Å². The minimum Gasteiger partial charge on any atom is -0.352 e. The van der Waals surface area contributed by atoms with Gasteiger partial charge in [0.25, 0.3) is 0 Å². The molecule has 0 spiro atoms. The van der Waals surface area contributed by atoms with Gasteiger partial charge in [-0.15, -0.1) is 0 Å². The number of hydrogen-bond donors (Lipinski definition) is 1. The van der Waals surface area contributed by atoms with Crippen LogP contribution in [-0.4, -0.2) is 32.5 Å². The Labute approximate surface area is 152 Å². The van der Waals surface area contributed by atoms with Gasteiger partial charge in [-0.25, -0.2) is 9.78 Å². The Morgan fingerprint density at radius 1 is 1.38 bits per heavy atom. The Morgan fingerprint density at radius 3 is 2.88 bits per heavy atom. The van der Waals surface area contributed by atoms with Gasteiger partial charge >= 0.3 is 5.69 Å². The molecule has 0 fully saturated rings. The Morgan fingerprint density at radius 2 is 2.23 bits per heavy atom. The summed E-state index contributed by atoms with van der Waals surface area (Å²) in [5.41, 5.74) is -0.166. The van der Waals surface area contributed by atoms with Crippen LogP contribution in [-0.2, 0) is 6.42 Å². The van der Waals surface area contributed by atoms with Crippen molar-refractivity contribution in [3.05, 3.63) is 59.0 Å². The van der Waals surface area contributed by atoms with E-state index in [1.807, 2.05) is 12.1 Å². The molecule has 1 N–H and O–H groups in total. The van der Waals surface area contributed by atoms with Crippen molar-refractivity contribution in [3.8, 4) is 6.07 Å². The van der Waals surface area contributed by atoms with E-state index in [2.05, 4.69) is 40.2 Å². The van der Waals surface area contributed by atoms with Gasteiger partial charge in [0.15, 0.2) is 0 Å². The molecule has 1 aliphatic heterocycles. The van der Waals surface area contributed by atoms with Crippen LogP contribution >= 0.6 is 0 Å². The number of amidine groups is 1. The Balaban J connectivity index is 1.87. The lowest BCUT2D eigenvalue weighted by Gasteiger charge is -2.26. The van der Waals surface area contributed by atoms with E-state index < -0.39 is 5.54 Å². The molecule has 0 saturated heterocycles. The van der Waals surface area contributed by atoms with Crippen molar-refractivity contribution in [1.29, 1.82) is 5.26 Å². The molecule has 7 heteroatoms. The van der Waals surface area contributed by atoms with Gasteiger partial charge in [0, 0.05) is 31.2 Å². The molecule has 0 saturated carbocycles. The molecule has 26 heavy (non-hydrogen) atoms. The molecule has 2 aromatic heterocycles. The zero-order valence-electron chi connectivity index (χ0n) is 15.0.